The maximum Gasteiger partial charge on any atom is 0.253 e. The lowest BCUT2D eigenvalue weighted by molar-refractivity contribution is -0.121. The number of halogens is 1. The maximum atomic E-state index is 13.2. The SMILES string of the molecule is O=C(NCc1ccccc1)c1ccccc1NC(=O)C1CCCN(Cc2nc(-c3ccc(Cl)cc3)no2)C1. The van der Waals surface area contributed by atoms with Gasteiger partial charge in [0.15, 0.2) is 0 Å². The highest BCUT2D eigenvalue weighted by Crippen LogP contribution is 2.23. The maximum absolute atomic E-state index is 13.2. The van der Waals surface area contributed by atoms with E-state index in [1.54, 1.807) is 30.3 Å². The Morgan fingerprint density at radius 3 is 2.58 bits per heavy atom. The molecule has 5 rings (SSSR count). The number of carbonyl (C=O) groups excluding carboxylic acids is 2. The van der Waals surface area contributed by atoms with Crippen LogP contribution in [-0.4, -0.2) is 39.9 Å². The normalized spacial score (nSPS) is 15.7. The van der Waals surface area contributed by atoms with Crippen LogP contribution in [0.5, 0.6) is 0 Å². The third kappa shape index (κ3) is 6.45. The van der Waals surface area contributed by atoms with Crippen LogP contribution in [0.3, 0.4) is 0 Å². The molecule has 194 valence electrons. The summed E-state index contributed by atoms with van der Waals surface area (Å²) in [6.07, 6.45) is 1.64. The number of hydrogen-bond acceptors (Lipinski definition) is 6. The van der Waals surface area contributed by atoms with Crippen molar-refractivity contribution in [1.29, 1.82) is 0 Å². The molecule has 1 saturated heterocycles. The molecule has 0 saturated carbocycles. The van der Waals surface area contributed by atoms with Crippen LogP contribution in [-0.2, 0) is 17.9 Å². The van der Waals surface area contributed by atoms with E-state index in [0.717, 1.165) is 30.5 Å². The molecule has 1 fully saturated rings. The molecular formula is C29H28ClN5O3. The Kier molecular flexibility index (Phi) is 8.11. The third-order valence-electron chi connectivity index (χ3n) is 6.53. The minimum atomic E-state index is -0.233. The first kappa shape index (κ1) is 25.6. The van der Waals surface area contributed by atoms with Crippen LogP contribution in [0, 0.1) is 5.92 Å². The Morgan fingerprint density at radius 1 is 1.00 bits per heavy atom. The highest BCUT2D eigenvalue weighted by Gasteiger charge is 2.28. The van der Waals surface area contributed by atoms with Crippen LogP contribution in [0.2, 0.25) is 5.02 Å². The first-order valence-corrected chi connectivity index (χ1v) is 13.0. The number of amides is 2. The van der Waals surface area contributed by atoms with Crippen molar-refractivity contribution < 1.29 is 14.1 Å². The summed E-state index contributed by atoms with van der Waals surface area (Å²) in [6, 6.07) is 24.0. The lowest BCUT2D eigenvalue weighted by Crippen LogP contribution is -2.40. The number of benzene rings is 3. The zero-order chi connectivity index (χ0) is 26.3. The van der Waals surface area contributed by atoms with Gasteiger partial charge in [-0.05, 0) is 61.3 Å². The molecule has 0 spiro atoms. The number of likely N-dealkylation sites (tertiary alicyclic amines) is 1. The molecular weight excluding hydrogens is 502 g/mol. The Hall–Kier alpha value is -4.01. The smallest absolute Gasteiger partial charge is 0.253 e. The standard InChI is InChI=1S/C29H28ClN5O3/c30-23-14-12-21(13-15-23)27-33-26(38-34-27)19-35-16-6-9-22(18-35)28(36)32-25-11-5-4-10-24(25)29(37)31-17-20-7-2-1-3-8-20/h1-5,7-8,10-15,22H,6,9,16-19H2,(H,31,37)(H,32,36). The number of para-hydroxylation sites is 1. The fourth-order valence-corrected chi connectivity index (χ4v) is 4.66. The lowest BCUT2D eigenvalue weighted by Gasteiger charge is -2.31. The summed E-state index contributed by atoms with van der Waals surface area (Å²) in [4.78, 5) is 32.7. The Labute approximate surface area is 226 Å². The summed E-state index contributed by atoms with van der Waals surface area (Å²) in [5, 5.41) is 10.6. The molecule has 1 unspecified atom stereocenters. The Morgan fingerprint density at radius 2 is 1.76 bits per heavy atom. The first-order valence-electron chi connectivity index (χ1n) is 12.6. The molecule has 2 N–H and O–H groups in total. The quantitative estimate of drug-likeness (QED) is 0.326. The summed E-state index contributed by atoms with van der Waals surface area (Å²) < 4.78 is 5.46. The third-order valence-corrected chi connectivity index (χ3v) is 6.78. The largest absolute Gasteiger partial charge is 0.348 e. The van der Waals surface area contributed by atoms with Gasteiger partial charge in [-0.15, -0.1) is 0 Å². The minimum absolute atomic E-state index is 0.106. The van der Waals surface area contributed by atoms with E-state index in [9.17, 15) is 9.59 Å². The van der Waals surface area contributed by atoms with Crippen LogP contribution < -0.4 is 10.6 Å². The molecule has 3 aromatic carbocycles. The second kappa shape index (κ2) is 12.0. The molecule has 8 nitrogen and oxygen atoms in total. The predicted molar refractivity (Wildman–Crippen MR) is 145 cm³/mol. The van der Waals surface area contributed by atoms with Gasteiger partial charge in [0.1, 0.15) is 0 Å². The molecule has 0 aliphatic carbocycles. The second-order valence-electron chi connectivity index (χ2n) is 9.30. The van der Waals surface area contributed by atoms with Crippen molar-refractivity contribution in [2.75, 3.05) is 18.4 Å². The van der Waals surface area contributed by atoms with Gasteiger partial charge in [-0.3, -0.25) is 14.5 Å². The number of aromatic nitrogens is 2. The zero-order valence-electron chi connectivity index (χ0n) is 20.8. The van der Waals surface area contributed by atoms with E-state index >= 15 is 0 Å². The number of nitrogens with one attached hydrogen (secondary N) is 2. The number of hydrogen-bond donors (Lipinski definition) is 2. The fourth-order valence-electron chi connectivity index (χ4n) is 4.54. The number of anilines is 1. The van der Waals surface area contributed by atoms with E-state index in [2.05, 4.69) is 25.7 Å². The lowest BCUT2D eigenvalue weighted by atomic mass is 9.96. The van der Waals surface area contributed by atoms with Gasteiger partial charge in [0.05, 0.1) is 23.7 Å². The molecule has 0 bridgehead atoms. The van der Waals surface area contributed by atoms with Gasteiger partial charge in [0, 0.05) is 23.7 Å². The Bertz CT molecular complexity index is 1390. The van der Waals surface area contributed by atoms with Crippen LogP contribution in [0.1, 0.15) is 34.7 Å². The van der Waals surface area contributed by atoms with Crippen molar-refractivity contribution in [3.8, 4) is 11.4 Å². The molecule has 1 aliphatic rings. The van der Waals surface area contributed by atoms with E-state index in [4.69, 9.17) is 16.1 Å². The second-order valence-corrected chi connectivity index (χ2v) is 9.73. The molecule has 4 aromatic rings. The summed E-state index contributed by atoms with van der Waals surface area (Å²) in [6.45, 7) is 2.27. The molecule has 1 aromatic heterocycles. The van der Waals surface area contributed by atoms with Crippen molar-refractivity contribution in [3.05, 3.63) is 101 Å². The number of rotatable bonds is 8. The molecule has 1 aliphatic heterocycles. The highest BCUT2D eigenvalue weighted by atomic mass is 35.5. The van der Waals surface area contributed by atoms with Crippen molar-refractivity contribution in [1.82, 2.24) is 20.4 Å². The molecule has 2 amide bonds. The summed E-state index contributed by atoms with van der Waals surface area (Å²) in [7, 11) is 0. The van der Waals surface area contributed by atoms with Gasteiger partial charge >= 0.3 is 0 Å². The number of piperidine rings is 1. The average molecular weight is 530 g/mol. The number of nitrogens with zero attached hydrogens (tertiary/aromatic N) is 3. The fraction of sp³-hybridized carbons (Fsp3) is 0.241. The van der Waals surface area contributed by atoms with Gasteiger partial charge in [-0.25, -0.2) is 0 Å². The summed E-state index contributed by atoms with van der Waals surface area (Å²) in [5.41, 5.74) is 2.77. The topological polar surface area (TPSA) is 100 Å². The molecule has 9 heteroatoms. The summed E-state index contributed by atoms with van der Waals surface area (Å²) >= 11 is 5.96. The molecule has 0 radical (unpaired) electrons. The number of carbonyl (C=O) groups is 2. The van der Waals surface area contributed by atoms with E-state index in [-0.39, 0.29) is 17.7 Å². The minimum Gasteiger partial charge on any atom is -0.348 e. The van der Waals surface area contributed by atoms with Gasteiger partial charge in [0.2, 0.25) is 17.6 Å². The zero-order valence-corrected chi connectivity index (χ0v) is 21.5. The monoisotopic (exact) mass is 529 g/mol. The van der Waals surface area contributed by atoms with E-state index < -0.39 is 0 Å². The predicted octanol–water partition coefficient (Wildman–Crippen LogP) is 5.17. The van der Waals surface area contributed by atoms with E-state index in [1.807, 2.05) is 48.5 Å². The van der Waals surface area contributed by atoms with E-state index in [0.29, 0.717) is 47.6 Å². The van der Waals surface area contributed by atoms with Crippen LogP contribution in [0.25, 0.3) is 11.4 Å². The van der Waals surface area contributed by atoms with Gasteiger partial charge in [0.25, 0.3) is 5.91 Å². The van der Waals surface area contributed by atoms with Crippen LogP contribution >= 0.6 is 11.6 Å². The van der Waals surface area contributed by atoms with Crippen molar-refractivity contribution in [2.45, 2.75) is 25.9 Å². The van der Waals surface area contributed by atoms with Crippen LogP contribution in [0.15, 0.2) is 83.4 Å². The van der Waals surface area contributed by atoms with Crippen molar-refractivity contribution in [2.24, 2.45) is 5.92 Å². The van der Waals surface area contributed by atoms with E-state index in [1.165, 1.54) is 0 Å². The Balaban J connectivity index is 1.18. The molecule has 38 heavy (non-hydrogen) atoms. The van der Waals surface area contributed by atoms with Gasteiger partial charge in [-0.2, -0.15) is 4.98 Å². The molecule has 2 heterocycles. The molecule has 1 atom stereocenters. The van der Waals surface area contributed by atoms with Gasteiger partial charge < -0.3 is 15.2 Å². The van der Waals surface area contributed by atoms with Gasteiger partial charge in [-0.1, -0.05) is 59.2 Å². The summed E-state index contributed by atoms with van der Waals surface area (Å²) in [5.74, 6) is 0.442. The first-order chi connectivity index (χ1) is 18.5. The van der Waals surface area contributed by atoms with Crippen LogP contribution in [0.4, 0.5) is 5.69 Å². The van der Waals surface area contributed by atoms with Crippen molar-refractivity contribution in [3.63, 3.8) is 0 Å². The van der Waals surface area contributed by atoms with Crippen molar-refractivity contribution >= 4 is 29.1 Å². The highest BCUT2D eigenvalue weighted by molar-refractivity contribution is 6.30. The average Bonchev–Trinajstić information content (AvgIpc) is 3.41.